The van der Waals surface area contributed by atoms with E-state index in [1.807, 2.05) is 0 Å². The van der Waals surface area contributed by atoms with E-state index in [0.29, 0.717) is 20.6 Å². The molecule has 0 N–H and O–H groups in total. The third-order valence-corrected chi connectivity index (χ3v) is 13.3. The van der Waals surface area contributed by atoms with Gasteiger partial charge >= 0.3 is 35.5 Å². The van der Waals surface area contributed by atoms with Crippen LogP contribution in [0.4, 0.5) is 11.4 Å². The van der Waals surface area contributed by atoms with E-state index < -0.39 is 0 Å². The number of benzene rings is 1. The van der Waals surface area contributed by atoms with Crippen LogP contribution in [0.25, 0.3) is 0 Å². The molecule has 0 fully saturated rings. The predicted octanol–water partition coefficient (Wildman–Crippen LogP) is 8.76. The maximum absolute atomic E-state index is 3.69. The zero-order chi connectivity index (χ0) is 24.4. The fourth-order valence-electron chi connectivity index (χ4n) is 4.63. The van der Waals surface area contributed by atoms with E-state index >= 15 is 0 Å². The molecule has 0 aliphatic carbocycles. The van der Waals surface area contributed by atoms with Crippen LogP contribution >= 0.6 is 30.1 Å². The zero-order valence-electron chi connectivity index (χ0n) is 21.8. The Morgan fingerprint density at radius 2 is 0.903 bits per heavy atom. The summed E-state index contributed by atoms with van der Waals surface area (Å²) in [6.07, 6.45) is 2.25. The number of fused-ring (bicyclic) bond motifs is 1. The van der Waals surface area contributed by atoms with Crippen molar-refractivity contribution in [1.29, 1.82) is 0 Å². The number of para-hydroxylation sites is 2. The Balaban J connectivity index is 0.00000233. The third-order valence-electron chi connectivity index (χ3n) is 5.61. The Morgan fingerprint density at radius 1 is 0.645 bits per heavy atom. The van der Waals surface area contributed by atoms with Crippen molar-refractivity contribution >= 4 is 49.0 Å². The van der Waals surface area contributed by atoms with Crippen molar-refractivity contribution in [3.05, 3.63) is 24.3 Å². The molecule has 1 radical (unpaired) electrons. The Kier molecular flexibility index (Phi) is 10.5. The molecular weight excluding hydrogens is 528 g/mol. The van der Waals surface area contributed by atoms with Gasteiger partial charge in [0.25, 0.3) is 0 Å². The van der Waals surface area contributed by atoms with Gasteiger partial charge in [-0.2, -0.15) is 0 Å². The Hall–Kier alpha value is 0.718. The standard InChI is InChI=1S/C24H44BN2P2.BrH.Ni/c1-21(2,3)28(22(4,5)6)17-26-19-15-13-14-16-20(19)27(25-26)18-29(23(7,8)9)24(10,11)12;;/h13-16H,17-18H2,1-12H3;1H;/q;;+1/p-1. The first-order chi connectivity index (χ1) is 13.9. The van der Waals surface area contributed by atoms with Gasteiger partial charge in [-0.15, -0.1) is 0 Å². The van der Waals surface area contributed by atoms with E-state index in [4.69, 9.17) is 0 Å². The van der Waals surface area contributed by atoms with E-state index in [9.17, 15) is 0 Å². The molecule has 0 saturated carbocycles. The van der Waals surface area contributed by atoms with Crippen molar-refractivity contribution in [1.82, 2.24) is 0 Å². The Morgan fingerprint density at radius 3 is 1.13 bits per heavy atom. The van der Waals surface area contributed by atoms with Crippen molar-refractivity contribution in [3.63, 3.8) is 0 Å². The van der Waals surface area contributed by atoms with Crippen LogP contribution in [-0.2, 0) is 13.7 Å². The average Bonchev–Trinajstić information content (AvgIpc) is 2.93. The van der Waals surface area contributed by atoms with E-state index in [2.05, 4.69) is 152 Å². The van der Waals surface area contributed by atoms with Crippen LogP contribution in [-0.4, -0.2) is 40.7 Å². The minimum absolute atomic E-state index is 0.189. The summed E-state index contributed by atoms with van der Waals surface area (Å²) in [4.78, 5) is 5.10. The molecule has 180 valence electrons. The second-order valence-electron chi connectivity index (χ2n) is 12.4. The molecule has 31 heavy (non-hydrogen) atoms. The molecule has 1 aromatic carbocycles. The predicted molar refractivity (Wildman–Crippen MR) is 149 cm³/mol. The van der Waals surface area contributed by atoms with Crippen LogP contribution in [0.3, 0.4) is 0 Å². The van der Waals surface area contributed by atoms with Crippen molar-refractivity contribution in [2.75, 3.05) is 22.2 Å². The molecule has 1 aromatic rings. The van der Waals surface area contributed by atoms with Gasteiger partial charge in [0.05, 0.1) is 0 Å². The van der Waals surface area contributed by atoms with Crippen molar-refractivity contribution in [2.24, 2.45) is 0 Å². The number of anilines is 2. The monoisotopic (exact) mass is 570 g/mol. The fourth-order valence-corrected chi connectivity index (χ4v) is 11.4. The van der Waals surface area contributed by atoms with Gasteiger partial charge in [0.2, 0.25) is 0 Å². The molecule has 0 amide bonds. The molecule has 2 rings (SSSR count). The van der Waals surface area contributed by atoms with E-state index in [0.717, 1.165) is 12.6 Å². The second-order valence-corrected chi connectivity index (χ2v) is 20.0. The number of hydrogen-bond acceptors (Lipinski definition) is 2. The van der Waals surface area contributed by atoms with Gasteiger partial charge in [-0.1, -0.05) is 111 Å². The summed E-state index contributed by atoms with van der Waals surface area (Å²) in [5.74, 6) is 0. The minimum atomic E-state index is -0.189. The SMILES string of the molecule is CC(C)(C)P(CN1[B]N(CP(C(C)(C)C)C(C)(C)C)c2ccccc21)C(C)(C)C.[Ni][Br]. The molecular formula is C24H44BBrN2NiP2. The molecule has 0 aromatic heterocycles. The summed E-state index contributed by atoms with van der Waals surface area (Å²) < 4.78 is 0. The summed E-state index contributed by atoms with van der Waals surface area (Å²) in [5.41, 5.74) is 2.76. The molecule has 0 unspecified atom stereocenters. The van der Waals surface area contributed by atoms with Gasteiger partial charge in [0, 0.05) is 23.9 Å². The molecule has 1 aliphatic rings. The molecule has 7 heteroatoms. The Bertz CT molecular complexity index is 618. The van der Waals surface area contributed by atoms with Crippen LogP contribution in [0.1, 0.15) is 83.1 Å². The van der Waals surface area contributed by atoms with Crippen LogP contribution < -0.4 is 9.62 Å². The normalized spacial score (nSPS) is 15.1. The summed E-state index contributed by atoms with van der Waals surface area (Å²) in [7, 11) is 2.04. The summed E-state index contributed by atoms with van der Waals surface area (Å²) >= 11 is 6.25. The van der Waals surface area contributed by atoms with Gasteiger partial charge in [0.15, 0.2) is 0 Å². The number of nitrogens with zero attached hydrogens (tertiary/aromatic N) is 2. The topological polar surface area (TPSA) is 6.48 Å². The first kappa shape index (κ1) is 29.7. The first-order valence-corrected chi connectivity index (χ1v) is 16.6. The summed E-state index contributed by atoms with van der Waals surface area (Å²) in [6.45, 7) is 29.0. The maximum atomic E-state index is 3.69. The van der Waals surface area contributed by atoms with Crippen LogP contribution in [0, 0.1) is 0 Å². The second kappa shape index (κ2) is 11.0. The summed E-state index contributed by atoms with van der Waals surface area (Å²) in [6, 6.07) is 8.99. The van der Waals surface area contributed by atoms with Gasteiger partial charge in [0.1, 0.15) is 0 Å². The number of rotatable bonds is 4. The molecule has 2 nitrogen and oxygen atoms in total. The Labute approximate surface area is 212 Å². The fraction of sp³-hybridized carbons (Fsp3) is 0.750. The zero-order valence-corrected chi connectivity index (χ0v) is 26.1. The van der Waals surface area contributed by atoms with Crippen LogP contribution in [0.15, 0.2) is 24.3 Å². The average molecular weight is 572 g/mol. The van der Waals surface area contributed by atoms with E-state index in [-0.39, 0.29) is 15.8 Å². The molecule has 0 spiro atoms. The quantitative estimate of drug-likeness (QED) is 0.263. The van der Waals surface area contributed by atoms with Gasteiger partial charge in [-0.05, 0) is 32.8 Å². The number of halogens is 1. The molecule has 1 aliphatic heterocycles. The molecule has 0 bridgehead atoms. The van der Waals surface area contributed by atoms with Gasteiger partial charge < -0.3 is 9.62 Å². The first-order valence-electron chi connectivity index (χ1n) is 11.1. The van der Waals surface area contributed by atoms with Crippen LogP contribution in [0.2, 0.25) is 0 Å². The van der Waals surface area contributed by atoms with E-state index in [1.54, 1.807) is 0 Å². The van der Waals surface area contributed by atoms with Crippen molar-refractivity contribution in [2.45, 2.75) is 104 Å². The summed E-state index contributed by atoms with van der Waals surface area (Å²) in [5, 5.41) is 1.31. The van der Waals surface area contributed by atoms with Crippen LogP contribution in [0.5, 0.6) is 0 Å². The van der Waals surface area contributed by atoms with Gasteiger partial charge in [-0.25, -0.2) is 0 Å². The molecule has 0 atom stereocenters. The van der Waals surface area contributed by atoms with Crippen molar-refractivity contribution in [3.8, 4) is 0 Å². The van der Waals surface area contributed by atoms with Gasteiger partial charge in [-0.3, -0.25) is 0 Å². The third kappa shape index (κ3) is 8.16. The van der Waals surface area contributed by atoms with Crippen molar-refractivity contribution < 1.29 is 13.7 Å². The molecule has 0 saturated heterocycles. The van der Waals surface area contributed by atoms with E-state index in [1.165, 1.54) is 11.4 Å². The number of hydrogen-bond donors (Lipinski definition) is 0. The molecule has 1 heterocycles.